The molecule has 0 aliphatic rings. The van der Waals surface area contributed by atoms with Crippen molar-refractivity contribution in [3.8, 4) is 0 Å². The smallest absolute Gasteiger partial charge is 0.316 e. The Hall–Kier alpha value is -1.82. The van der Waals surface area contributed by atoms with Gasteiger partial charge in [-0.15, -0.1) is 0 Å². The third-order valence-corrected chi connectivity index (χ3v) is 2.86. The Bertz CT molecular complexity index is 535. The van der Waals surface area contributed by atoms with Crippen LogP contribution in [0.4, 0.5) is 10.5 Å². The van der Waals surface area contributed by atoms with Gasteiger partial charge in [0, 0.05) is 18.4 Å². The molecule has 94 valence electrons. The van der Waals surface area contributed by atoms with Crippen molar-refractivity contribution >= 4 is 27.6 Å². The lowest BCUT2D eigenvalue weighted by Gasteiger charge is -2.04. The van der Waals surface area contributed by atoms with E-state index in [0.717, 1.165) is 17.4 Å². The number of halogens is 1. The second-order valence-corrected chi connectivity index (χ2v) is 4.77. The zero-order valence-corrected chi connectivity index (χ0v) is 11.2. The maximum Gasteiger partial charge on any atom is 0.316 e. The van der Waals surface area contributed by atoms with E-state index in [-0.39, 0.29) is 0 Å². The van der Waals surface area contributed by atoms with Crippen LogP contribution in [0, 0.1) is 0 Å². The second kappa shape index (κ2) is 5.68. The summed E-state index contributed by atoms with van der Waals surface area (Å²) < 4.78 is 2.85. The third kappa shape index (κ3) is 3.59. The lowest BCUT2D eigenvalue weighted by atomic mass is 10.1. The molecule has 1 aromatic heterocycles. The fourth-order valence-corrected chi connectivity index (χ4v) is 1.93. The van der Waals surface area contributed by atoms with E-state index in [4.69, 9.17) is 5.73 Å². The van der Waals surface area contributed by atoms with Gasteiger partial charge >= 0.3 is 6.03 Å². The molecule has 18 heavy (non-hydrogen) atoms. The first-order chi connectivity index (χ1) is 8.63. The number of benzene rings is 1. The molecule has 0 saturated heterocycles. The van der Waals surface area contributed by atoms with Gasteiger partial charge in [-0.25, -0.2) is 4.79 Å². The van der Waals surface area contributed by atoms with E-state index in [2.05, 4.69) is 26.3 Å². The highest BCUT2D eigenvalue weighted by Gasteiger charge is 1.99. The number of carbonyl (C=O) groups excluding carboxylic acids is 1. The minimum absolute atomic E-state index is 0.552. The number of hydrogen-bond acceptors (Lipinski definition) is 2. The van der Waals surface area contributed by atoms with E-state index < -0.39 is 6.03 Å². The highest BCUT2D eigenvalue weighted by molar-refractivity contribution is 9.10. The van der Waals surface area contributed by atoms with Crippen molar-refractivity contribution in [2.75, 3.05) is 5.32 Å². The molecule has 0 fully saturated rings. The van der Waals surface area contributed by atoms with Gasteiger partial charge < -0.3 is 11.1 Å². The average molecular weight is 309 g/mol. The number of rotatable bonds is 4. The molecular weight excluding hydrogens is 296 g/mol. The number of urea groups is 1. The monoisotopic (exact) mass is 308 g/mol. The number of aryl methyl sites for hydroxylation is 2. The van der Waals surface area contributed by atoms with E-state index in [1.807, 2.05) is 35.1 Å². The number of aromatic nitrogens is 2. The molecule has 3 N–H and O–H groups in total. The second-order valence-electron chi connectivity index (χ2n) is 3.86. The van der Waals surface area contributed by atoms with Crippen molar-refractivity contribution in [3.05, 3.63) is 46.7 Å². The predicted octanol–water partition coefficient (Wildman–Crippen LogP) is 2.38. The van der Waals surface area contributed by atoms with Gasteiger partial charge in [0.25, 0.3) is 0 Å². The molecule has 0 radical (unpaired) electrons. The van der Waals surface area contributed by atoms with E-state index >= 15 is 0 Å². The van der Waals surface area contributed by atoms with Crippen LogP contribution in [0.15, 0.2) is 41.1 Å². The number of nitrogens with one attached hydrogen (secondary N) is 1. The van der Waals surface area contributed by atoms with Gasteiger partial charge in [-0.05, 0) is 40.0 Å². The molecule has 1 aromatic carbocycles. The summed E-state index contributed by atoms with van der Waals surface area (Å²) in [6.45, 7) is 0.814. The number of anilines is 1. The van der Waals surface area contributed by atoms with E-state index in [9.17, 15) is 4.79 Å². The summed E-state index contributed by atoms with van der Waals surface area (Å²) in [5.74, 6) is 0. The predicted molar refractivity (Wildman–Crippen MR) is 73.3 cm³/mol. The van der Waals surface area contributed by atoms with Gasteiger partial charge in [0.2, 0.25) is 0 Å². The summed E-state index contributed by atoms with van der Waals surface area (Å²) in [7, 11) is 0. The molecule has 0 aliphatic carbocycles. The highest BCUT2D eigenvalue weighted by Crippen LogP contribution is 2.11. The molecule has 1 heterocycles. The standard InChI is InChI=1S/C12H13BrN4O/c13-10-7-15-17(8-10)6-5-9-1-3-11(4-2-9)16-12(14)18/h1-4,7-8H,5-6H2,(H3,14,16,18). The molecule has 2 rings (SSSR count). The maximum atomic E-state index is 10.7. The summed E-state index contributed by atoms with van der Waals surface area (Å²) in [5, 5.41) is 6.71. The van der Waals surface area contributed by atoms with Crippen molar-refractivity contribution < 1.29 is 4.79 Å². The van der Waals surface area contributed by atoms with Gasteiger partial charge in [-0.1, -0.05) is 12.1 Å². The zero-order chi connectivity index (χ0) is 13.0. The van der Waals surface area contributed by atoms with Crippen LogP contribution in [0.2, 0.25) is 0 Å². The Morgan fingerprint density at radius 2 is 2.11 bits per heavy atom. The van der Waals surface area contributed by atoms with Gasteiger partial charge in [0.05, 0.1) is 10.7 Å². The van der Waals surface area contributed by atoms with E-state index in [0.29, 0.717) is 5.69 Å². The first-order valence-electron chi connectivity index (χ1n) is 5.47. The largest absolute Gasteiger partial charge is 0.351 e. The number of hydrogen-bond donors (Lipinski definition) is 2. The van der Waals surface area contributed by atoms with Gasteiger partial charge in [0.1, 0.15) is 0 Å². The SMILES string of the molecule is NC(=O)Nc1ccc(CCn2cc(Br)cn2)cc1. The number of nitrogens with zero attached hydrogens (tertiary/aromatic N) is 2. The Morgan fingerprint density at radius 1 is 1.39 bits per heavy atom. The first-order valence-corrected chi connectivity index (χ1v) is 6.26. The molecular formula is C12H13BrN4O. The fraction of sp³-hybridized carbons (Fsp3) is 0.167. The van der Waals surface area contributed by atoms with Crippen molar-refractivity contribution in [1.82, 2.24) is 9.78 Å². The lowest BCUT2D eigenvalue weighted by Crippen LogP contribution is -2.19. The zero-order valence-electron chi connectivity index (χ0n) is 9.64. The van der Waals surface area contributed by atoms with Crippen LogP contribution in [0.3, 0.4) is 0 Å². The van der Waals surface area contributed by atoms with Crippen molar-refractivity contribution in [2.45, 2.75) is 13.0 Å². The van der Waals surface area contributed by atoms with Gasteiger partial charge in [-0.3, -0.25) is 4.68 Å². The van der Waals surface area contributed by atoms with Crippen LogP contribution in [-0.2, 0) is 13.0 Å². The van der Waals surface area contributed by atoms with Crippen LogP contribution >= 0.6 is 15.9 Å². The summed E-state index contributed by atoms with van der Waals surface area (Å²) in [5.41, 5.74) is 6.91. The third-order valence-electron chi connectivity index (χ3n) is 2.45. The molecule has 0 atom stereocenters. The molecule has 0 aliphatic heterocycles. The normalized spacial score (nSPS) is 10.3. The number of primary amides is 1. The molecule has 0 bridgehead atoms. The lowest BCUT2D eigenvalue weighted by molar-refractivity contribution is 0.259. The number of amides is 2. The van der Waals surface area contributed by atoms with Crippen molar-refractivity contribution in [2.24, 2.45) is 5.73 Å². The average Bonchev–Trinajstić information content (AvgIpc) is 2.74. The minimum atomic E-state index is -0.552. The Kier molecular flexibility index (Phi) is 3.99. The van der Waals surface area contributed by atoms with E-state index in [1.54, 1.807) is 6.20 Å². The Morgan fingerprint density at radius 3 is 2.67 bits per heavy atom. The van der Waals surface area contributed by atoms with Crippen LogP contribution in [0.25, 0.3) is 0 Å². The van der Waals surface area contributed by atoms with E-state index in [1.165, 1.54) is 5.56 Å². The van der Waals surface area contributed by atoms with Crippen LogP contribution in [-0.4, -0.2) is 15.8 Å². The molecule has 2 amide bonds. The topological polar surface area (TPSA) is 72.9 Å². The van der Waals surface area contributed by atoms with Crippen molar-refractivity contribution in [1.29, 1.82) is 0 Å². The summed E-state index contributed by atoms with van der Waals surface area (Å²) in [6, 6.07) is 7.04. The summed E-state index contributed by atoms with van der Waals surface area (Å²) in [4.78, 5) is 10.7. The van der Waals surface area contributed by atoms with Gasteiger partial charge in [0.15, 0.2) is 0 Å². The van der Waals surface area contributed by atoms with Crippen LogP contribution in [0.1, 0.15) is 5.56 Å². The van der Waals surface area contributed by atoms with Crippen molar-refractivity contribution in [3.63, 3.8) is 0 Å². The molecule has 0 saturated carbocycles. The number of nitrogens with two attached hydrogens (primary N) is 1. The maximum absolute atomic E-state index is 10.7. The minimum Gasteiger partial charge on any atom is -0.351 e. The quantitative estimate of drug-likeness (QED) is 0.910. The van der Waals surface area contributed by atoms with Gasteiger partial charge in [-0.2, -0.15) is 5.10 Å². The molecule has 0 spiro atoms. The number of carbonyl (C=O) groups is 1. The Balaban J connectivity index is 1.92. The molecule has 0 unspecified atom stereocenters. The van der Waals surface area contributed by atoms with Crippen LogP contribution < -0.4 is 11.1 Å². The summed E-state index contributed by atoms with van der Waals surface area (Å²) >= 11 is 3.36. The van der Waals surface area contributed by atoms with Crippen LogP contribution in [0.5, 0.6) is 0 Å². The molecule has 6 heteroatoms. The highest BCUT2D eigenvalue weighted by atomic mass is 79.9. The molecule has 2 aromatic rings. The Labute approximate surface area is 113 Å². The first kappa shape index (κ1) is 12.6. The fourth-order valence-electron chi connectivity index (χ4n) is 1.60. The summed E-state index contributed by atoms with van der Waals surface area (Å²) in [6.07, 6.45) is 4.58. The molecule has 5 nitrogen and oxygen atoms in total.